The highest BCUT2D eigenvalue weighted by Crippen LogP contribution is 2.21. The van der Waals surface area contributed by atoms with E-state index in [9.17, 15) is 15.0 Å². The number of carbonyl (C=O) groups excluding carboxylic acids is 1. The van der Waals surface area contributed by atoms with Crippen molar-refractivity contribution in [3.8, 4) is 0 Å². The summed E-state index contributed by atoms with van der Waals surface area (Å²) in [5.74, 6) is -0.371. The number of amides is 1. The minimum Gasteiger partial charge on any atom is -0.394 e. The standard InChI is InChI=1S/C9H17NO6/c1-4(12)10-6-8(14)7(13)5(3-11)16-9(6)15-2/h5-9,11,13-14H,3H2,1-2H3,(H,10,12)/t5-,6-,7-,8-,9+/m1/s1/i9+1. The number of aliphatic hydroxyl groups excluding tert-OH is 3. The van der Waals surface area contributed by atoms with Crippen LogP contribution in [0.4, 0.5) is 0 Å². The van der Waals surface area contributed by atoms with Crippen LogP contribution in [0.2, 0.25) is 0 Å². The molecular formula is C9H17NO6. The number of nitrogens with one attached hydrogen (secondary N) is 1. The lowest BCUT2D eigenvalue weighted by Crippen LogP contribution is -2.64. The van der Waals surface area contributed by atoms with Crippen LogP contribution in [0.15, 0.2) is 0 Å². The van der Waals surface area contributed by atoms with Gasteiger partial charge in [0.15, 0.2) is 6.29 Å². The smallest absolute Gasteiger partial charge is 0.217 e. The van der Waals surface area contributed by atoms with Crippen molar-refractivity contribution in [3.05, 3.63) is 0 Å². The van der Waals surface area contributed by atoms with E-state index in [0.717, 1.165) is 0 Å². The van der Waals surface area contributed by atoms with E-state index in [1.165, 1.54) is 14.0 Å². The highest BCUT2D eigenvalue weighted by molar-refractivity contribution is 5.73. The van der Waals surface area contributed by atoms with E-state index in [1.54, 1.807) is 0 Å². The molecule has 0 aromatic rings. The van der Waals surface area contributed by atoms with Crippen LogP contribution < -0.4 is 5.32 Å². The Kier molecular flexibility index (Phi) is 4.63. The monoisotopic (exact) mass is 236 g/mol. The Hall–Kier alpha value is -0.730. The van der Waals surface area contributed by atoms with E-state index in [0.29, 0.717) is 0 Å². The summed E-state index contributed by atoms with van der Waals surface area (Å²) in [4.78, 5) is 10.9. The number of hydrogen-bond acceptors (Lipinski definition) is 6. The molecule has 0 aliphatic carbocycles. The van der Waals surface area contributed by atoms with Crippen molar-refractivity contribution in [2.75, 3.05) is 13.7 Å². The summed E-state index contributed by atoms with van der Waals surface area (Å²) in [6.45, 7) is 0.842. The minimum absolute atomic E-state index is 0.371. The second-order valence-electron chi connectivity index (χ2n) is 3.67. The Bertz CT molecular complexity index is 246. The van der Waals surface area contributed by atoms with Crippen molar-refractivity contribution >= 4 is 5.91 Å². The lowest BCUT2D eigenvalue weighted by Gasteiger charge is -2.41. The molecule has 0 radical (unpaired) electrons. The summed E-state index contributed by atoms with van der Waals surface area (Å²) in [6, 6.07) is -0.861. The molecule has 1 aliphatic heterocycles. The first-order valence-electron chi connectivity index (χ1n) is 4.93. The summed E-state index contributed by atoms with van der Waals surface area (Å²) in [5.41, 5.74) is 0. The molecule has 1 rings (SSSR count). The van der Waals surface area contributed by atoms with Gasteiger partial charge in [-0.15, -0.1) is 0 Å². The molecule has 0 aromatic heterocycles. The third kappa shape index (κ3) is 2.69. The Morgan fingerprint density at radius 3 is 2.50 bits per heavy atom. The molecule has 0 spiro atoms. The quantitative estimate of drug-likeness (QED) is 0.406. The van der Waals surface area contributed by atoms with Crippen LogP contribution in [0, 0.1) is 0 Å². The Morgan fingerprint density at radius 2 is 2.06 bits per heavy atom. The molecule has 4 N–H and O–H groups in total. The van der Waals surface area contributed by atoms with Gasteiger partial charge in [-0.2, -0.15) is 0 Å². The third-order valence-corrected chi connectivity index (χ3v) is 2.48. The maximum Gasteiger partial charge on any atom is 0.217 e. The fraction of sp³-hybridized carbons (Fsp3) is 0.889. The van der Waals surface area contributed by atoms with Crippen molar-refractivity contribution in [1.29, 1.82) is 0 Å². The van der Waals surface area contributed by atoms with Crippen LogP contribution in [0.3, 0.4) is 0 Å². The fourth-order valence-electron chi connectivity index (χ4n) is 1.67. The van der Waals surface area contributed by atoms with E-state index in [4.69, 9.17) is 14.6 Å². The maximum absolute atomic E-state index is 10.9. The van der Waals surface area contributed by atoms with Crippen LogP contribution in [-0.4, -0.2) is 65.6 Å². The second kappa shape index (κ2) is 5.55. The number of rotatable bonds is 3. The lowest BCUT2D eigenvalue weighted by atomic mass is 10.0. The third-order valence-electron chi connectivity index (χ3n) is 2.48. The zero-order chi connectivity index (χ0) is 12.3. The molecule has 1 fully saturated rings. The van der Waals surface area contributed by atoms with Gasteiger partial charge in [-0.25, -0.2) is 0 Å². The molecule has 1 aliphatic rings. The number of ether oxygens (including phenoxy) is 2. The second-order valence-corrected chi connectivity index (χ2v) is 3.67. The maximum atomic E-state index is 10.9. The highest BCUT2D eigenvalue weighted by Gasteiger charge is 2.44. The van der Waals surface area contributed by atoms with Crippen molar-refractivity contribution in [3.63, 3.8) is 0 Å². The zero-order valence-corrected chi connectivity index (χ0v) is 9.16. The van der Waals surface area contributed by atoms with Gasteiger partial charge in [0.05, 0.1) is 6.61 Å². The topological polar surface area (TPSA) is 108 Å². The predicted molar refractivity (Wildman–Crippen MR) is 52.4 cm³/mol. The van der Waals surface area contributed by atoms with Crippen LogP contribution in [0.1, 0.15) is 6.92 Å². The van der Waals surface area contributed by atoms with Crippen molar-refractivity contribution in [2.45, 2.75) is 37.6 Å². The fourth-order valence-corrected chi connectivity index (χ4v) is 1.67. The van der Waals surface area contributed by atoms with Crippen LogP contribution in [0.5, 0.6) is 0 Å². The summed E-state index contributed by atoms with van der Waals surface area (Å²) < 4.78 is 10.1. The average Bonchev–Trinajstić information content (AvgIpc) is 2.25. The van der Waals surface area contributed by atoms with Gasteiger partial charge in [-0.05, 0) is 0 Å². The van der Waals surface area contributed by atoms with Gasteiger partial charge in [0, 0.05) is 14.0 Å². The van der Waals surface area contributed by atoms with E-state index in [2.05, 4.69) is 5.32 Å². The van der Waals surface area contributed by atoms with E-state index >= 15 is 0 Å². The number of carbonyl (C=O) groups is 1. The van der Waals surface area contributed by atoms with Gasteiger partial charge < -0.3 is 30.1 Å². The molecule has 1 amide bonds. The normalized spacial score (nSPS) is 39.4. The molecule has 5 atom stereocenters. The molecule has 0 unspecified atom stereocenters. The summed E-state index contributed by atoms with van der Waals surface area (Å²) in [6.07, 6.45) is -4.35. The molecule has 0 aromatic carbocycles. The van der Waals surface area contributed by atoms with E-state index < -0.39 is 37.3 Å². The zero-order valence-electron chi connectivity index (χ0n) is 9.16. The van der Waals surface area contributed by atoms with E-state index in [1.807, 2.05) is 0 Å². The van der Waals surface area contributed by atoms with Gasteiger partial charge in [-0.1, -0.05) is 0 Å². The predicted octanol–water partition coefficient (Wildman–Crippen LogP) is -2.42. The minimum atomic E-state index is -1.27. The van der Waals surface area contributed by atoms with Gasteiger partial charge in [0.1, 0.15) is 24.4 Å². The number of aliphatic hydroxyl groups is 3. The van der Waals surface area contributed by atoms with Crippen LogP contribution in [0.25, 0.3) is 0 Å². The molecule has 94 valence electrons. The van der Waals surface area contributed by atoms with Crippen LogP contribution in [-0.2, 0) is 14.3 Å². The highest BCUT2D eigenvalue weighted by atomic mass is 16.8. The van der Waals surface area contributed by atoms with Gasteiger partial charge >= 0.3 is 0 Å². The molecule has 0 bridgehead atoms. The molecular weight excluding hydrogens is 219 g/mol. The Morgan fingerprint density at radius 1 is 1.44 bits per heavy atom. The molecule has 1 heterocycles. The first-order chi connectivity index (χ1) is 7.51. The molecule has 16 heavy (non-hydrogen) atoms. The first-order valence-corrected chi connectivity index (χ1v) is 4.93. The largest absolute Gasteiger partial charge is 0.394 e. The summed E-state index contributed by atoms with van der Waals surface area (Å²) >= 11 is 0. The molecule has 7 heteroatoms. The SMILES string of the molecule is CO[13C@H]1O[C@H](CO)[C@@H](O)[C@H](O)[C@H]1NC(C)=O. The summed E-state index contributed by atoms with van der Waals surface area (Å²) in [7, 11) is 1.35. The lowest BCUT2D eigenvalue weighted by molar-refractivity contribution is -0.262. The van der Waals surface area contributed by atoms with Gasteiger partial charge in [-0.3, -0.25) is 4.79 Å². The van der Waals surface area contributed by atoms with Gasteiger partial charge in [0.25, 0.3) is 0 Å². The van der Waals surface area contributed by atoms with E-state index in [-0.39, 0.29) is 5.91 Å². The van der Waals surface area contributed by atoms with Gasteiger partial charge in [0.2, 0.25) is 5.91 Å². The summed E-state index contributed by atoms with van der Waals surface area (Å²) in [5, 5.41) is 30.7. The first kappa shape index (κ1) is 13.3. The number of methoxy groups -OCH3 is 1. The van der Waals surface area contributed by atoms with Crippen molar-refractivity contribution < 1.29 is 29.6 Å². The van der Waals surface area contributed by atoms with Crippen LogP contribution >= 0.6 is 0 Å². The molecule has 7 nitrogen and oxygen atoms in total. The average molecular weight is 236 g/mol. The number of hydrogen-bond donors (Lipinski definition) is 4. The van der Waals surface area contributed by atoms with Crippen molar-refractivity contribution in [2.24, 2.45) is 0 Å². The van der Waals surface area contributed by atoms with Crippen molar-refractivity contribution in [1.82, 2.24) is 5.32 Å². The molecule has 1 saturated heterocycles. The Labute approximate surface area is 93.0 Å². The Balaban J connectivity index is 2.77. The molecule has 0 saturated carbocycles.